The van der Waals surface area contributed by atoms with Crippen molar-refractivity contribution in [1.82, 2.24) is 9.62 Å². The minimum Gasteiger partial charge on any atom is -0.483 e. The number of benzene rings is 1. The Kier molecular flexibility index (Phi) is 6.34. The van der Waals surface area contributed by atoms with Crippen LogP contribution >= 0.6 is 0 Å². The van der Waals surface area contributed by atoms with Crippen LogP contribution in [0.5, 0.6) is 5.75 Å². The molecule has 1 aromatic rings. The monoisotopic (exact) mass is 330 g/mol. The van der Waals surface area contributed by atoms with E-state index in [1.165, 1.54) is 30.0 Å². The van der Waals surface area contributed by atoms with Gasteiger partial charge < -0.3 is 14.7 Å². The number of carbonyl (C=O) groups is 1. The number of ether oxygens (including phenoxy) is 1. The summed E-state index contributed by atoms with van der Waals surface area (Å²) < 4.78 is 31.7. The second-order valence-corrected chi connectivity index (χ2v) is 6.97. The average molecular weight is 330 g/mol. The maximum atomic E-state index is 12.0. The maximum absolute atomic E-state index is 12.0. The number of amides is 1. The highest BCUT2D eigenvalue weighted by molar-refractivity contribution is 7.89. The zero-order valence-corrected chi connectivity index (χ0v) is 14.0. The molecule has 1 atom stereocenters. The van der Waals surface area contributed by atoms with Crippen molar-refractivity contribution in [3.63, 3.8) is 0 Å². The van der Waals surface area contributed by atoms with E-state index < -0.39 is 16.1 Å². The lowest BCUT2D eigenvalue weighted by Gasteiger charge is -2.14. The highest BCUT2D eigenvalue weighted by Crippen LogP contribution is 2.21. The third kappa shape index (κ3) is 5.28. The van der Waals surface area contributed by atoms with Gasteiger partial charge >= 0.3 is 0 Å². The largest absolute Gasteiger partial charge is 0.483 e. The quantitative estimate of drug-likeness (QED) is 0.740. The van der Waals surface area contributed by atoms with Gasteiger partial charge in [-0.05, 0) is 37.6 Å². The third-order valence-electron chi connectivity index (χ3n) is 2.88. The second kappa shape index (κ2) is 7.57. The third-order valence-corrected chi connectivity index (χ3v) is 4.30. The Bertz CT molecular complexity index is 626. The summed E-state index contributed by atoms with van der Waals surface area (Å²) >= 11 is 0. The van der Waals surface area contributed by atoms with Crippen LogP contribution in [0.25, 0.3) is 0 Å². The van der Waals surface area contributed by atoms with Gasteiger partial charge in [-0.3, -0.25) is 4.79 Å². The van der Waals surface area contributed by atoms with Gasteiger partial charge in [0.2, 0.25) is 10.0 Å². The molecular weight excluding hydrogens is 308 g/mol. The van der Waals surface area contributed by atoms with Crippen molar-refractivity contribution in [2.45, 2.75) is 24.8 Å². The first-order chi connectivity index (χ1) is 10.1. The smallest absolute Gasteiger partial charge is 0.259 e. The van der Waals surface area contributed by atoms with Crippen molar-refractivity contribution in [3.05, 3.63) is 23.8 Å². The molecule has 0 aliphatic carbocycles. The maximum Gasteiger partial charge on any atom is 0.259 e. The first-order valence-electron chi connectivity index (χ1n) is 6.75. The molecule has 0 saturated carbocycles. The van der Waals surface area contributed by atoms with Crippen molar-refractivity contribution in [1.29, 1.82) is 0 Å². The Balaban J connectivity index is 2.83. The van der Waals surface area contributed by atoms with Gasteiger partial charge in [-0.25, -0.2) is 13.1 Å². The van der Waals surface area contributed by atoms with Gasteiger partial charge in [0.1, 0.15) is 5.75 Å². The van der Waals surface area contributed by atoms with E-state index in [0.29, 0.717) is 11.3 Å². The number of nitrogens with zero attached hydrogens (tertiary/aromatic N) is 1. The van der Waals surface area contributed by atoms with Gasteiger partial charge in [0.05, 0.1) is 11.0 Å². The fraction of sp³-hybridized carbons (Fsp3) is 0.500. The van der Waals surface area contributed by atoms with Crippen LogP contribution in [0.4, 0.5) is 0 Å². The van der Waals surface area contributed by atoms with E-state index in [2.05, 4.69) is 4.72 Å². The number of aliphatic hydroxyl groups is 1. The summed E-state index contributed by atoms with van der Waals surface area (Å²) in [4.78, 5) is 13.0. The first kappa shape index (κ1) is 18.4. The Labute approximate surface area is 130 Å². The van der Waals surface area contributed by atoms with Gasteiger partial charge in [0.15, 0.2) is 6.61 Å². The number of sulfonamides is 1. The molecule has 124 valence electrons. The van der Waals surface area contributed by atoms with E-state index in [1.54, 1.807) is 21.0 Å². The molecule has 8 heteroatoms. The predicted octanol–water partition coefficient (Wildman–Crippen LogP) is 0.121. The van der Waals surface area contributed by atoms with Crippen LogP contribution in [0.15, 0.2) is 23.1 Å². The predicted molar refractivity (Wildman–Crippen MR) is 82.2 cm³/mol. The van der Waals surface area contributed by atoms with Gasteiger partial charge in [-0.15, -0.1) is 0 Å². The lowest BCUT2D eigenvalue weighted by molar-refractivity contribution is -0.130. The number of aryl methyl sites for hydroxylation is 1. The summed E-state index contributed by atoms with van der Waals surface area (Å²) in [6.07, 6.45) is -0.768. The number of likely N-dealkylation sites (N-methyl/N-ethyl adjacent to an activating group) is 1. The highest BCUT2D eigenvalue weighted by atomic mass is 32.2. The average Bonchev–Trinajstić information content (AvgIpc) is 2.43. The zero-order chi connectivity index (χ0) is 16.9. The summed E-state index contributed by atoms with van der Waals surface area (Å²) in [5, 5.41) is 9.15. The van der Waals surface area contributed by atoms with Crippen LogP contribution < -0.4 is 9.46 Å². The van der Waals surface area contributed by atoms with Crippen LogP contribution in [-0.2, 0) is 14.8 Å². The zero-order valence-electron chi connectivity index (χ0n) is 13.2. The minimum absolute atomic E-state index is 0.0586. The number of hydrogen-bond acceptors (Lipinski definition) is 5. The van der Waals surface area contributed by atoms with Gasteiger partial charge in [0, 0.05) is 20.6 Å². The van der Waals surface area contributed by atoms with Crippen LogP contribution in [0.3, 0.4) is 0 Å². The summed E-state index contributed by atoms with van der Waals surface area (Å²) in [6.45, 7) is 3.02. The van der Waals surface area contributed by atoms with E-state index in [9.17, 15) is 13.2 Å². The molecular formula is C14H22N2O5S. The van der Waals surface area contributed by atoms with E-state index in [0.717, 1.165) is 0 Å². The van der Waals surface area contributed by atoms with Gasteiger partial charge in [-0.1, -0.05) is 0 Å². The van der Waals surface area contributed by atoms with Crippen molar-refractivity contribution >= 4 is 15.9 Å². The minimum atomic E-state index is -3.68. The Morgan fingerprint density at radius 2 is 2.05 bits per heavy atom. The van der Waals surface area contributed by atoms with Gasteiger partial charge in [0.25, 0.3) is 5.91 Å². The number of rotatable bonds is 7. The van der Waals surface area contributed by atoms with E-state index in [-0.39, 0.29) is 24.0 Å². The molecule has 0 saturated heterocycles. The molecule has 0 aromatic heterocycles. The fourth-order valence-corrected chi connectivity index (χ4v) is 2.74. The topological polar surface area (TPSA) is 95.9 Å². The number of nitrogens with one attached hydrogen (secondary N) is 1. The Morgan fingerprint density at radius 1 is 1.41 bits per heavy atom. The van der Waals surface area contributed by atoms with Crippen LogP contribution in [0.1, 0.15) is 12.5 Å². The molecule has 1 aromatic carbocycles. The van der Waals surface area contributed by atoms with Crippen molar-refractivity contribution in [2.75, 3.05) is 27.2 Å². The molecule has 0 spiro atoms. The molecule has 0 radical (unpaired) electrons. The molecule has 0 aliphatic heterocycles. The van der Waals surface area contributed by atoms with Crippen molar-refractivity contribution in [2.24, 2.45) is 0 Å². The molecule has 7 nitrogen and oxygen atoms in total. The summed E-state index contributed by atoms with van der Waals surface area (Å²) in [7, 11) is -0.426. The highest BCUT2D eigenvalue weighted by Gasteiger charge is 2.16. The molecule has 1 amide bonds. The molecule has 1 rings (SSSR count). The van der Waals surface area contributed by atoms with Crippen LogP contribution in [-0.4, -0.2) is 57.7 Å². The summed E-state index contributed by atoms with van der Waals surface area (Å²) in [5.41, 5.74) is 0.603. The fourth-order valence-electron chi connectivity index (χ4n) is 1.53. The van der Waals surface area contributed by atoms with E-state index in [1.807, 2.05) is 0 Å². The van der Waals surface area contributed by atoms with Gasteiger partial charge in [-0.2, -0.15) is 0 Å². The van der Waals surface area contributed by atoms with E-state index in [4.69, 9.17) is 9.84 Å². The number of hydrogen-bond donors (Lipinski definition) is 2. The first-order valence-corrected chi connectivity index (χ1v) is 8.23. The Hall–Kier alpha value is -1.64. The van der Waals surface area contributed by atoms with Crippen LogP contribution in [0, 0.1) is 6.92 Å². The molecule has 0 fully saturated rings. The number of aliphatic hydroxyl groups excluding tert-OH is 1. The molecule has 0 heterocycles. The Morgan fingerprint density at radius 3 is 2.55 bits per heavy atom. The number of carbonyl (C=O) groups excluding carboxylic acids is 1. The second-order valence-electron chi connectivity index (χ2n) is 5.21. The summed E-state index contributed by atoms with van der Waals surface area (Å²) in [6, 6.07) is 4.36. The van der Waals surface area contributed by atoms with Crippen molar-refractivity contribution < 1.29 is 23.1 Å². The summed E-state index contributed by atoms with van der Waals surface area (Å²) in [5.74, 6) is 0.263. The van der Waals surface area contributed by atoms with Crippen LogP contribution in [0.2, 0.25) is 0 Å². The molecule has 22 heavy (non-hydrogen) atoms. The normalized spacial score (nSPS) is 12.8. The van der Waals surface area contributed by atoms with E-state index >= 15 is 0 Å². The lowest BCUT2D eigenvalue weighted by atomic mass is 10.2. The lowest BCUT2D eigenvalue weighted by Crippen LogP contribution is -2.30. The molecule has 0 aliphatic rings. The van der Waals surface area contributed by atoms with Crippen molar-refractivity contribution in [3.8, 4) is 5.75 Å². The molecule has 0 bridgehead atoms. The molecule has 2 N–H and O–H groups in total. The standard InChI is InChI=1S/C14H22N2O5S/c1-10-7-12(22(19,20)15-8-11(2)17)5-6-13(10)21-9-14(18)16(3)4/h5-7,11,15,17H,8-9H2,1-4H3/t11-/m1/s1. The molecule has 0 unspecified atom stereocenters. The SMILES string of the molecule is Cc1cc(S(=O)(=O)NC[C@@H](C)O)ccc1OCC(=O)N(C)C.